The third kappa shape index (κ3) is 1.29. The molecule has 0 saturated carbocycles. The van der Waals surface area contributed by atoms with Crippen molar-refractivity contribution in [1.82, 2.24) is 14.6 Å². The van der Waals surface area contributed by atoms with E-state index in [1.165, 1.54) is 23.7 Å². The minimum atomic E-state index is -1.37. The standard InChI is InChI=1S/C9H7N3O4/c1-4-6(8(13)14)7(9(15)16)11-5-2-3-10-12(4)5/h2-3H,1H3,(H,13,14)(H,15,16). The summed E-state index contributed by atoms with van der Waals surface area (Å²) < 4.78 is 1.29. The van der Waals surface area contributed by atoms with Crippen LogP contribution in [0, 0.1) is 6.92 Å². The fraction of sp³-hybridized carbons (Fsp3) is 0.111. The maximum Gasteiger partial charge on any atom is 0.355 e. The molecule has 0 aliphatic carbocycles. The van der Waals surface area contributed by atoms with Gasteiger partial charge in [0.2, 0.25) is 0 Å². The van der Waals surface area contributed by atoms with E-state index in [1.807, 2.05) is 0 Å². The molecule has 0 bridgehead atoms. The van der Waals surface area contributed by atoms with Crippen molar-refractivity contribution in [3.05, 3.63) is 29.2 Å². The molecule has 0 amide bonds. The zero-order chi connectivity index (χ0) is 11.9. The molecule has 0 unspecified atom stereocenters. The number of aromatic carboxylic acids is 2. The van der Waals surface area contributed by atoms with E-state index in [2.05, 4.69) is 10.1 Å². The van der Waals surface area contributed by atoms with Gasteiger partial charge in [0.05, 0.1) is 11.9 Å². The number of carboxylic acids is 2. The highest BCUT2D eigenvalue weighted by Gasteiger charge is 2.23. The van der Waals surface area contributed by atoms with Gasteiger partial charge in [0.15, 0.2) is 11.3 Å². The summed E-state index contributed by atoms with van der Waals surface area (Å²) in [6.07, 6.45) is 1.42. The van der Waals surface area contributed by atoms with Crippen molar-refractivity contribution in [3.8, 4) is 0 Å². The van der Waals surface area contributed by atoms with Crippen molar-refractivity contribution in [2.75, 3.05) is 0 Å². The van der Waals surface area contributed by atoms with Crippen LogP contribution in [0.1, 0.15) is 26.5 Å². The van der Waals surface area contributed by atoms with Gasteiger partial charge in [0.1, 0.15) is 5.56 Å². The molecule has 7 nitrogen and oxygen atoms in total. The first-order valence-electron chi connectivity index (χ1n) is 4.33. The fourth-order valence-corrected chi connectivity index (χ4v) is 1.50. The van der Waals surface area contributed by atoms with E-state index in [0.29, 0.717) is 5.65 Å². The molecule has 7 heteroatoms. The summed E-state index contributed by atoms with van der Waals surface area (Å²) >= 11 is 0. The molecule has 2 N–H and O–H groups in total. The number of carbonyl (C=O) groups is 2. The smallest absolute Gasteiger partial charge is 0.355 e. The molecule has 0 aromatic carbocycles. The second-order valence-electron chi connectivity index (χ2n) is 3.13. The van der Waals surface area contributed by atoms with Crippen molar-refractivity contribution >= 4 is 17.6 Å². The predicted molar refractivity (Wildman–Crippen MR) is 51.6 cm³/mol. The minimum Gasteiger partial charge on any atom is -0.478 e. The number of hydrogen-bond acceptors (Lipinski definition) is 4. The summed E-state index contributed by atoms with van der Waals surface area (Å²) in [5, 5.41) is 21.7. The van der Waals surface area contributed by atoms with Crippen molar-refractivity contribution in [1.29, 1.82) is 0 Å². The molecule has 2 heterocycles. The fourth-order valence-electron chi connectivity index (χ4n) is 1.50. The normalized spacial score (nSPS) is 10.6. The lowest BCUT2D eigenvalue weighted by atomic mass is 10.1. The van der Waals surface area contributed by atoms with E-state index in [-0.39, 0.29) is 11.3 Å². The van der Waals surface area contributed by atoms with Gasteiger partial charge in [0.25, 0.3) is 0 Å². The second kappa shape index (κ2) is 3.30. The van der Waals surface area contributed by atoms with Crippen LogP contribution in [0.3, 0.4) is 0 Å². The Morgan fingerprint density at radius 1 is 1.31 bits per heavy atom. The lowest BCUT2D eigenvalue weighted by molar-refractivity contribution is 0.0645. The molecule has 0 saturated heterocycles. The highest BCUT2D eigenvalue weighted by Crippen LogP contribution is 2.14. The number of carboxylic acid groups (broad SMARTS) is 2. The van der Waals surface area contributed by atoms with E-state index in [9.17, 15) is 9.59 Å². The van der Waals surface area contributed by atoms with E-state index < -0.39 is 17.6 Å². The van der Waals surface area contributed by atoms with Gasteiger partial charge in [-0.1, -0.05) is 0 Å². The van der Waals surface area contributed by atoms with Gasteiger partial charge in [-0.05, 0) is 6.92 Å². The zero-order valence-electron chi connectivity index (χ0n) is 8.21. The Bertz CT molecular complexity index is 602. The second-order valence-corrected chi connectivity index (χ2v) is 3.13. The van der Waals surface area contributed by atoms with Crippen LogP contribution < -0.4 is 0 Å². The molecule has 0 radical (unpaired) electrons. The Balaban J connectivity index is 2.91. The van der Waals surface area contributed by atoms with Crippen LogP contribution in [0.5, 0.6) is 0 Å². The maximum atomic E-state index is 11.0. The molecule has 2 aromatic heterocycles. The highest BCUT2D eigenvalue weighted by atomic mass is 16.4. The quantitative estimate of drug-likeness (QED) is 0.762. The van der Waals surface area contributed by atoms with Crippen LogP contribution in [-0.2, 0) is 0 Å². The summed E-state index contributed by atoms with van der Waals surface area (Å²) in [7, 11) is 0. The van der Waals surface area contributed by atoms with Crippen molar-refractivity contribution in [2.45, 2.75) is 6.92 Å². The van der Waals surface area contributed by atoms with Crippen molar-refractivity contribution < 1.29 is 19.8 Å². The van der Waals surface area contributed by atoms with E-state index in [1.54, 1.807) is 0 Å². The number of fused-ring (bicyclic) bond motifs is 1. The molecule has 0 atom stereocenters. The van der Waals surface area contributed by atoms with Gasteiger partial charge in [-0.3, -0.25) is 0 Å². The first kappa shape index (κ1) is 10.1. The molecule has 0 aliphatic rings. The SMILES string of the molecule is Cc1c(C(=O)O)c(C(=O)O)nc2ccnn12. The Kier molecular flexibility index (Phi) is 2.08. The van der Waals surface area contributed by atoms with E-state index >= 15 is 0 Å². The number of aryl methyl sites for hydroxylation is 1. The summed E-state index contributed by atoms with van der Waals surface area (Å²) in [4.78, 5) is 25.6. The van der Waals surface area contributed by atoms with E-state index in [0.717, 1.165) is 0 Å². The van der Waals surface area contributed by atoms with Gasteiger partial charge in [0, 0.05) is 6.07 Å². The number of rotatable bonds is 2. The molecular weight excluding hydrogens is 214 g/mol. The Morgan fingerprint density at radius 3 is 2.56 bits per heavy atom. The minimum absolute atomic E-state index is 0.236. The summed E-state index contributed by atoms with van der Waals surface area (Å²) in [6.45, 7) is 1.48. The molecule has 0 fully saturated rings. The number of nitrogens with zero attached hydrogens (tertiary/aromatic N) is 3. The van der Waals surface area contributed by atoms with Crippen LogP contribution in [-0.4, -0.2) is 36.7 Å². The summed E-state index contributed by atoms with van der Waals surface area (Å²) in [6, 6.07) is 1.51. The Morgan fingerprint density at radius 2 is 2.00 bits per heavy atom. The van der Waals surface area contributed by atoms with Gasteiger partial charge in [-0.25, -0.2) is 19.1 Å². The summed E-state index contributed by atoms with van der Waals surface area (Å²) in [5.74, 6) is -2.70. The van der Waals surface area contributed by atoms with Gasteiger partial charge >= 0.3 is 11.9 Å². The molecule has 2 aromatic rings. The van der Waals surface area contributed by atoms with Crippen LogP contribution >= 0.6 is 0 Å². The number of aromatic nitrogens is 3. The molecule has 0 spiro atoms. The third-order valence-corrected chi connectivity index (χ3v) is 2.18. The topological polar surface area (TPSA) is 105 Å². The average Bonchev–Trinajstić information content (AvgIpc) is 2.64. The van der Waals surface area contributed by atoms with Crippen LogP contribution in [0.4, 0.5) is 0 Å². The summed E-state index contributed by atoms with van der Waals surface area (Å²) in [5.41, 5.74) is -0.276. The van der Waals surface area contributed by atoms with Gasteiger partial charge < -0.3 is 10.2 Å². The van der Waals surface area contributed by atoms with Crippen LogP contribution in [0.25, 0.3) is 5.65 Å². The van der Waals surface area contributed by atoms with Crippen LogP contribution in [0.2, 0.25) is 0 Å². The monoisotopic (exact) mass is 221 g/mol. The molecule has 16 heavy (non-hydrogen) atoms. The Hall–Kier alpha value is -2.44. The molecule has 82 valence electrons. The van der Waals surface area contributed by atoms with Gasteiger partial charge in [-0.2, -0.15) is 5.10 Å². The molecule has 2 rings (SSSR count). The average molecular weight is 221 g/mol. The van der Waals surface area contributed by atoms with E-state index in [4.69, 9.17) is 10.2 Å². The number of hydrogen-bond donors (Lipinski definition) is 2. The lowest BCUT2D eigenvalue weighted by Crippen LogP contribution is -2.16. The lowest BCUT2D eigenvalue weighted by Gasteiger charge is -2.06. The first-order chi connectivity index (χ1) is 7.52. The predicted octanol–water partition coefficient (Wildman–Crippen LogP) is 0.434. The molecular formula is C9H7N3O4. The van der Waals surface area contributed by atoms with Crippen molar-refractivity contribution in [2.24, 2.45) is 0 Å². The highest BCUT2D eigenvalue weighted by molar-refractivity contribution is 6.01. The largest absolute Gasteiger partial charge is 0.478 e. The van der Waals surface area contributed by atoms with Crippen LogP contribution in [0.15, 0.2) is 12.3 Å². The Labute approximate surface area is 89.0 Å². The van der Waals surface area contributed by atoms with Gasteiger partial charge in [-0.15, -0.1) is 0 Å². The third-order valence-electron chi connectivity index (χ3n) is 2.18. The zero-order valence-corrected chi connectivity index (χ0v) is 8.21. The van der Waals surface area contributed by atoms with Crippen molar-refractivity contribution in [3.63, 3.8) is 0 Å². The molecule has 0 aliphatic heterocycles. The first-order valence-corrected chi connectivity index (χ1v) is 4.33. The maximum absolute atomic E-state index is 11.0.